The molecule has 1 fully saturated rings. The molecular weight excluding hydrogens is 244 g/mol. The van der Waals surface area contributed by atoms with Crippen molar-refractivity contribution in [1.29, 1.82) is 0 Å². The highest BCUT2D eigenvalue weighted by Gasteiger charge is 2.16. The van der Waals surface area contributed by atoms with Crippen molar-refractivity contribution in [2.75, 3.05) is 59.1 Å². The molecule has 1 aliphatic rings. The average Bonchev–Trinajstić information content (AvgIpc) is 2.36. The van der Waals surface area contributed by atoms with Gasteiger partial charge in [0.05, 0.1) is 19.3 Å². The zero-order valence-electron chi connectivity index (χ0n) is 12.6. The lowest BCUT2D eigenvalue weighted by Crippen LogP contribution is -2.48. The van der Waals surface area contributed by atoms with Crippen molar-refractivity contribution in [3.63, 3.8) is 0 Å². The van der Waals surface area contributed by atoms with Crippen molar-refractivity contribution >= 4 is 5.78 Å². The number of ketones is 1. The summed E-state index contributed by atoms with van der Waals surface area (Å²) in [6, 6.07) is 0. The summed E-state index contributed by atoms with van der Waals surface area (Å²) in [5, 5.41) is 0. The van der Waals surface area contributed by atoms with Gasteiger partial charge in [-0.25, -0.2) is 0 Å². The van der Waals surface area contributed by atoms with Crippen LogP contribution in [0.4, 0.5) is 0 Å². The Morgan fingerprint density at radius 1 is 1.05 bits per heavy atom. The number of carbonyl (C=O) groups excluding carboxylic acids is 1. The molecule has 1 saturated heterocycles. The molecule has 0 unspecified atom stereocenters. The van der Waals surface area contributed by atoms with Crippen molar-refractivity contribution in [3.05, 3.63) is 0 Å². The van der Waals surface area contributed by atoms with E-state index in [2.05, 4.69) is 23.6 Å². The monoisotopic (exact) mass is 272 g/mol. The van der Waals surface area contributed by atoms with Gasteiger partial charge in [0.2, 0.25) is 0 Å². The molecule has 5 heteroatoms. The van der Waals surface area contributed by atoms with Gasteiger partial charge in [0, 0.05) is 39.3 Å². The minimum absolute atomic E-state index is 0.0926. The molecule has 0 amide bonds. The lowest BCUT2D eigenvalue weighted by molar-refractivity contribution is -0.121. The van der Waals surface area contributed by atoms with Gasteiger partial charge in [-0.05, 0) is 20.8 Å². The Balaban J connectivity index is 2.00. The van der Waals surface area contributed by atoms with Gasteiger partial charge in [-0.2, -0.15) is 0 Å². The van der Waals surface area contributed by atoms with Crippen LogP contribution >= 0.6 is 0 Å². The molecule has 0 aromatic carbocycles. The van der Waals surface area contributed by atoms with E-state index in [1.807, 2.05) is 0 Å². The summed E-state index contributed by atoms with van der Waals surface area (Å²) >= 11 is 0. The van der Waals surface area contributed by atoms with E-state index < -0.39 is 0 Å². The van der Waals surface area contributed by atoms with Gasteiger partial charge < -0.3 is 9.47 Å². The zero-order chi connectivity index (χ0) is 14.1. The van der Waals surface area contributed by atoms with E-state index in [4.69, 9.17) is 9.47 Å². The Kier molecular flexibility index (Phi) is 8.21. The molecule has 5 nitrogen and oxygen atoms in total. The van der Waals surface area contributed by atoms with Gasteiger partial charge >= 0.3 is 0 Å². The Labute approximate surface area is 116 Å². The molecule has 1 rings (SSSR count). The first-order chi connectivity index (χ1) is 9.08. The molecule has 0 aromatic rings. The molecule has 0 atom stereocenters. The minimum Gasteiger partial charge on any atom is -0.377 e. The molecule has 1 heterocycles. The Bertz CT molecular complexity index is 251. The third-order valence-electron chi connectivity index (χ3n) is 3.18. The zero-order valence-corrected chi connectivity index (χ0v) is 12.6. The minimum atomic E-state index is 0.0926. The molecule has 0 aliphatic carbocycles. The van der Waals surface area contributed by atoms with Crippen LogP contribution in [0, 0.1) is 0 Å². The van der Waals surface area contributed by atoms with E-state index in [0.29, 0.717) is 12.7 Å². The third kappa shape index (κ3) is 8.31. The molecule has 112 valence electrons. The quantitative estimate of drug-likeness (QED) is 0.576. The van der Waals surface area contributed by atoms with Crippen LogP contribution in [0.15, 0.2) is 0 Å². The smallest absolute Gasteiger partial charge is 0.155 e. The second-order valence-electron chi connectivity index (χ2n) is 5.36. The van der Waals surface area contributed by atoms with Crippen LogP contribution in [0.2, 0.25) is 0 Å². The third-order valence-corrected chi connectivity index (χ3v) is 3.18. The van der Waals surface area contributed by atoms with Gasteiger partial charge in [0.25, 0.3) is 0 Å². The first kappa shape index (κ1) is 16.6. The van der Waals surface area contributed by atoms with Crippen molar-refractivity contribution in [2.45, 2.75) is 26.9 Å². The highest BCUT2D eigenvalue weighted by molar-refractivity contribution is 5.76. The summed E-state index contributed by atoms with van der Waals surface area (Å²) in [5.41, 5.74) is 0. The van der Waals surface area contributed by atoms with E-state index >= 15 is 0 Å². The Hall–Kier alpha value is -0.490. The maximum atomic E-state index is 10.7. The second-order valence-corrected chi connectivity index (χ2v) is 5.36. The fraction of sp³-hybridized carbons (Fsp3) is 0.929. The van der Waals surface area contributed by atoms with Crippen LogP contribution in [0.25, 0.3) is 0 Å². The summed E-state index contributed by atoms with van der Waals surface area (Å²) < 4.78 is 10.9. The van der Waals surface area contributed by atoms with Gasteiger partial charge in [0.1, 0.15) is 6.61 Å². The van der Waals surface area contributed by atoms with Crippen LogP contribution in [-0.4, -0.2) is 80.8 Å². The molecule has 19 heavy (non-hydrogen) atoms. The predicted octanol–water partition coefficient (Wildman–Crippen LogP) is 0.635. The summed E-state index contributed by atoms with van der Waals surface area (Å²) in [6.07, 6.45) is 0.319. The molecule has 0 N–H and O–H groups in total. The number of rotatable bonds is 9. The average molecular weight is 272 g/mol. The fourth-order valence-corrected chi connectivity index (χ4v) is 2.06. The lowest BCUT2D eigenvalue weighted by atomic mass is 10.3. The second kappa shape index (κ2) is 9.42. The van der Waals surface area contributed by atoms with Crippen LogP contribution in [0.3, 0.4) is 0 Å². The van der Waals surface area contributed by atoms with Crippen LogP contribution in [0.1, 0.15) is 20.8 Å². The topological polar surface area (TPSA) is 42.0 Å². The highest BCUT2D eigenvalue weighted by atomic mass is 16.5. The first-order valence-electron chi connectivity index (χ1n) is 7.21. The Morgan fingerprint density at radius 3 is 2.05 bits per heavy atom. The standard InChI is InChI=1S/C14H28N2O3/c1-13(2)19-11-9-16-6-4-15(5-7-16)8-10-18-12-14(3)17/h13H,4-12H2,1-3H3. The number of hydrogen-bond donors (Lipinski definition) is 0. The van der Waals surface area contributed by atoms with Crippen molar-refractivity contribution in [3.8, 4) is 0 Å². The number of Topliss-reactive ketones (excluding diaryl/α,β-unsaturated/α-hetero) is 1. The van der Waals surface area contributed by atoms with Gasteiger partial charge in [0.15, 0.2) is 5.78 Å². The molecule has 0 bridgehead atoms. The van der Waals surface area contributed by atoms with Crippen LogP contribution in [0.5, 0.6) is 0 Å². The van der Waals surface area contributed by atoms with Gasteiger partial charge in [-0.1, -0.05) is 0 Å². The number of hydrogen-bond acceptors (Lipinski definition) is 5. The van der Waals surface area contributed by atoms with E-state index in [1.54, 1.807) is 6.92 Å². The number of ether oxygens (including phenoxy) is 2. The van der Waals surface area contributed by atoms with Crippen molar-refractivity contribution in [1.82, 2.24) is 9.80 Å². The molecule has 0 radical (unpaired) electrons. The maximum Gasteiger partial charge on any atom is 0.155 e. The summed E-state index contributed by atoms with van der Waals surface area (Å²) in [4.78, 5) is 15.6. The van der Waals surface area contributed by atoms with E-state index in [1.165, 1.54) is 0 Å². The SMILES string of the molecule is CC(=O)COCCN1CCN(CCOC(C)C)CC1. The molecular formula is C14H28N2O3. The van der Waals surface area contributed by atoms with Crippen LogP contribution < -0.4 is 0 Å². The lowest BCUT2D eigenvalue weighted by Gasteiger charge is -2.34. The molecule has 0 saturated carbocycles. The van der Waals surface area contributed by atoms with E-state index in [0.717, 1.165) is 45.9 Å². The Morgan fingerprint density at radius 2 is 1.58 bits per heavy atom. The molecule has 0 spiro atoms. The molecule has 0 aromatic heterocycles. The van der Waals surface area contributed by atoms with E-state index in [9.17, 15) is 4.79 Å². The summed E-state index contributed by atoms with van der Waals surface area (Å²) in [5.74, 6) is 0.0926. The number of piperazine rings is 1. The predicted molar refractivity (Wildman–Crippen MR) is 75.5 cm³/mol. The van der Waals surface area contributed by atoms with Crippen molar-refractivity contribution in [2.24, 2.45) is 0 Å². The number of nitrogens with zero attached hydrogens (tertiary/aromatic N) is 2. The molecule has 1 aliphatic heterocycles. The summed E-state index contributed by atoms with van der Waals surface area (Å²) in [6.45, 7) is 13.7. The number of carbonyl (C=O) groups is 1. The van der Waals surface area contributed by atoms with Gasteiger partial charge in [-0.3, -0.25) is 14.6 Å². The largest absolute Gasteiger partial charge is 0.377 e. The first-order valence-corrected chi connectivity index (χ1v) is 7.21. The fourth-order valence-electron chi connectivity index (χ4n) is 2.06. The van der Waals surface area contributed by atoms with E-state index in [-0.39, 0.29) is 12.4 Å². The van der Waals surface area contributed by atoms with Gasteiger partial charge in [-0.15, -0.1) is 0 Å². The normalized spacial score (nSPS) is 18.1. The highest BCUT2D eigenvalue weighted by Crippen LogP contribution is 2.01. The maximum absolute atomic E-state index is 10.7. The summed E-state index contributed by atoms with van der Waals surface area (Å²) in [7, 11) is 0. The van der Waals surface area contributed by atoms with Crippen LogP contribution in [-0.2, 0) is 14.3 Å². The van der Waals surface area contributed by atoms with Crippen molar-refractivity contribution < 1.29 is 14.3 Å².